The molecule has 1 unspecified atom stereocenters. The molecule has 2 nitrogen and oxygen atoms in total. The molecule has 0 saturated carbocycles. The SMILES string of the molecule is C=CCCOCCNC(C)CCCC(F)(F)F. The first kappa shape index (κ1) is 16.4. The van der Waals surface area contributed by atoms with Crippen molar-refractivity contribution in [1.82, 2.24) is 5.32 Å². The van der Waals surface area contributed by atoms with E-state index in [1.807, 2.05) is 6.92 Å². The highest BCUT2D eigenvalue weighted by molar-refractivity contribution is 4.65. The van der Waals surface area contributed by atoms with Gasteiger partial charge in [0.15, 0.2) is 0 Å². The number of nitrogens with one attached hydrogen (secondary N) is 1. The van der Waals surface area contributed by atoms with Crippen LogP contribution in [0.5, 0.6) is 0 Å². The molecule has 0 aromatic heterocycles. The fourth-order valence-corrected chi connectivity index (χ4v) is 1.36. The number of alkyl halides is 3. The average Bonchev–Trinajstić information content (AvgIpc) is 2.21. The molecule has 0 saturated heterocycles. The van der Waals surface area contributed by atoms with Crippen LogP contribution in [0, 0.1) is 0 Å². The predicted molar refractivity (Wildman–Crippen MR) is 63.0 cm³/mol. The first-order chi connectivity index (χ1) is 7.95. The third kappa shape index (κ3) is 13.4. The highest BCUT2D eigenvalue weighted by Crippen LogP contribution is 2.22. The Morgan fingerprint density at radius 2 is 2.06 bits per heavy atom. The molecule has 0 aromatic carbocycles. The molecule has 0 rings (SSSR count). The first-order valence-corrected chi connectivity index (χ1v) is 5.94. The second-order valence-electron chi connectivity index (χ2n) is 4.05. The maximum absolute atomic E-state index is 11.9. The van der Waals surface area contributed by atoms with Crippen molar-refractivity contribution in [3.05, 3.63) is 12.7 Å². The van der Waals surface area contributed by atoms with Gasteiger partial charge in [-0.15, -0.1) is 6.58 Å². The zero-order valence-corrected chi connectivity index (χ0v) is 10.4. The van der Waals surface area contributed by atoms with Crippen molar-refractivity contribution in [2.45, 2.75) is 44.8 Å². The highest BCUT2D eigenvalue weighted by Gasteiger charge is 2.26. The normalized spacial score (nSPS) is 13.6. The molecule has 0 bridgehead atoms. The lowest BCUT2D eigenvalue weighted by Gasteiger charge is -2.14. The predicted octanol–water partition coefficient (Wildman–Crippen LogP) is 3.29. The van der Waals surface area contributed by atoms with Gasteiger partial charge in [0.25, 0.3) is 0 Å². The van der Waals surface area contributed by atoms with Crippen molar-refractivity contribution >= 4 is 0 Å². The Kier molecular flexibility index (Phi) is 9.17. The van der Waals surface area contributed by atoms with Crippen LogP contribution in [0.1, 0.15) is 32.6 Å². The topological polar surface area (TPSA) is 21.3 Å². The van der Waals surface area contributed by atoms with Crippen molar-refractivity contribution in [3.63, 3.8) is 0 Å². The van der Waals surface area contributed by atoms with Crippen LogP contribution in [0.4, 0.5) is 13.2 Å². The molecule has 0 aliphatic carbocycles. The van der Waals surface area contributed by atoms with Gasteiger partial charge < -0.3 is 10.1 Å². The van der Waals surface area contributed by atoms with Gasteiger partial charge in [-0.25, -0.2) is 0 Å². The minimum atomic E-state index is -4.03. The van der Waals surface area contributed by atoms with Gasteiger partial charge in [0.2, 0.25) is 0 Å². The summed E-state index contributed by atoms with van der Waals surface area (Å²) in [5, 5.41) is 3.13. The van der Waals surface area contributed by atoms with Crippen LogP contribution in [0.25, 0.3) is 0 Å². The number of halogens is 3. The summed E-state index contributed by atoms with van der Waals surface area (Å²) in [5.41, 5.74) is 0. The third-order valence-electron chi connectivity index (χ3n) is 2.30. The molecule has 1 N–H and O–H groups in total. The van der Waals surface area contributed by atoms with E-state index in [0.717, 1.165) is 6.42 Å². The van der Waals surface area contributed by atoms with Gasteiger partial charge in [-0.3, -0.25) is 0 Å². The summed E-state index contributed by atoms with van der Waals surface area (Å²) in [6, 6.07) is 0.0976. The van der Waals surface area contributed by atoms with Crippen molar-refractivity contribution in [2.24, 2.45) is 0 Å². The lowest BCUT2D eigenvalue weighted by Crippen LogP contribution is -2.29. The van der Waals surface area contributed by atoms with Crippen molar-refractivity contribution in [2.75, 3.05) is 19.8 Å². The quantitative estimate of drug-likeness (QED) is 0.476. The number of ether oxygens (including phenoxy) is 1. The van der Waals surface area contributed by atoms with Gasteiger partial charge in [0.05, 0.1) is 13.2 Å². The van der Waals surface area contributed by atoms with E-state index in [0.29, 0.717) is 26.2 Å². The molecule has 1 atom stereocenters. The van der Waals surface area contributed by atoms with Crippen LogP contribution in [0.3, 0.4) is 0 Å². The van der Waals surface area contributed by atoms with Crippen LogP contribution in [0.2, 0.25) is 0 Å². The van der Waals surface area contributed by atoms with E-state index >= 15 is 0 Å². The lowest BCUT2D eigenvalue weighted by molar-refractivity contribution is -0.135. The van der Waals surface area contributed by atoms with Crippen LogP contribution in [0.15, 0.2) is 12.7 Å². The fourth-order valence-electron chi connectivity index (χ4n) is 1.36. The summed E-state index contributed by atoms with van der Waals surface area (Å²) < 4.78 is 40.9. The van der Waals surface area contributed by atoms with Crippen LogP contribution < -0.4 is 5.32 Å². The molecule has 0 amide bonds. The van der Waals surface area contributed by atoms with E-state index in [9.17, 15) is 13.2 Å². The van der Waals surface area contributed by atoms with E-state index in [2.05, 4.69) is 11.9 Å². The third-order valence-corrected chi connectivity index (χ3v) is 2.30. The maximum atomic E-state index is 11.9. The Labute approximate surface area is 101 Å². The fraction of sp³-hybridized carbons (Fsp3) is 0.833. The minimum absolute atomic E-state index is 0.0976. The summed E-state index contributed by atoms with van der Waals surface area (Å²) in [5.74, 6) is 0. The molecule has 0 aliphatic heterocycles. The molecule has 0 fully saturated rings. The maximum Gasteiger partial charge on any atom is 0.389 e. The van der Waals surface area contributed by atoms with Gasteiger partial charge in [0.1, 0.15) is 0 Å². The minimum Gasteiger partial charge on any atom is -0.380 e. The molecule has 5 heteroatoms. The summed E-state index contributed by atoms with van der Waals surface area (Å²) >= 11 is 0. The van der Waals surface area contributed by atoms with E-state index in [1.165, 1.54) is 0 Å². The van der Waals surface area contributed by atoms with E-state index in [-0.39, 0.29) is 12.5 Å². The molecule has 102 valence electrons. The summed E-state index contributed by atoms with van der Waals surface area (Å²) in [6.45, 7) is 7.36. The highest BCUT2D eigenvalue weighted by atomic mass is 19.4. The second-order valence-corrected chi connectivity index (χ2v) is 4.05. The Hall–Kier alpha value is -0.550. The molecule has 0 radical (unpaired) electrons. The van der Waals surface area contributed by atoms with Crippen molar-refractivity contribution < 1.29 is 17.9 Å². The first-order valence-electron chi connectivity index (χ1n) is 5.94. The van der Waals surface area contributed by atoms with E-state index in [4.69, 9.17) is 4.74 Å². The summed E-state index contributed by atoms with van der Waals surface area (Å²) in [7, 11) is 0. The molecule has 17 heavy (non-hydrogen) atoms. The number of rotatable bonds is 10. The van der Waals surface area contributed by atoms with Gasteiger partial charge in [-0.05, 0) is 26.2 Å². The molecule has 0 spiro atoms. The number of hydrogen-bond acceptors (Lipinski definition) is 2. The zero-order valence-electron chi connectivity index (χ0n) is 10.4. The summed E-state index contributed by atoms with van der Waals surface area (Å²) in [4.78, 5) is 0. The Morgan fingerprint density at radius 1 is 1.35 bits per heavy atom. The zero-order chi connectivity index (χ0) is 13.1. The summed E-state index contributed by atoms with van der Waals surface area (Å²) in [6.07, 6.45) is -1.42. The van der Waals surface area contributed by atoms with Gasteiger partial charge in [-0.1, -0.05) is 6.08 Å². The van der Waals surface area contributed by atoms with Crippen molar-refractivity contribution in [3.8, 4) is 0 Å². The van der Waals surface area contributed by atoms with Crippen LogP contribution in [-0.2, 0) is 4.74 Å². The van der Waals surface area contributed by atoms with E-state index < -0.39 is 12.6 Å². The molecule has 0 aromatic rings. The monoisotopic (exact) mass is 253 g/mol. The Balaban J connectivity index is 3.29. The molecular formula is C12H22F3NO. The standard InChI is InChI=1S/C12H22F3NO/c1-3-4-9-17-10-8-16-11(2)6-5-7-12(13,14)15/h3,11,16H,1,4-10H2,2H3. The molecule has 0 aliphatic rings. The Morgan fingerprint density at radius 3 is 2.65 bits per heavy atom. The largest absolute Gasteiger partial charge is 0.389 e. The smallest absolute Gasteiger partial charge is 0.380 e. The molecule has 0 heterocycles. The van der Waals surface area contributed by atoms with E-state index in [1.54, 1.807) is 6.08 Å². The van der Waals surface area contributed by atoms with Crippen LogP contribution >= 0.6 is 0 Å². The average molecular weight is 253 g/mol. The van der Waals surface area contributed by atoms with Gasteiger partial charge >= 0.3 is 6.18 Å². The second kappa shape index (κ2) is 9.48. The van der Waals surface area contributed by atoms with Gasteiger partial charge in [-0.2, -0.15) is 13.2 Å². The van der Waals surface area contributed by atoms with Crippen molar-refractivity contribution in [1.29, 1.82) is 0 Å². The van der Waals surface area contributed by atoms with Gasteiger partial charge in [0, 0.05) is 19.0 Å². The van der Waals surface area contributed by atoms with Crippen LogP contribution in [-0.4, -0.2) is 32.0 Å². The molecular weight excluding hydrogens is 231 g/mol. The number of hydrogen-bond donors (Lipinski definition) is 1. The Bertz CT molecular complexity index is 195. The lowest BCUT2D eigenvalue weighted by atomic mass is 10.1.